The normalized spacial score (nSPS) is 32.2. The molecular formula is C12H20N2O5. The topological polar surface area (TPSA) is 79.3 Å². The molecule has 2 aliphatic heterocycles. The fourth-order valence-electron chi connectivity index (χ4n) is 2.51. The number of hydrogen-bond acceptors (Lipinski definition) is 4. The summed E-state index contributed by atoms with van der Waals surface area (Å²) in [5, 5.41) is 8.94. The van der Waals surface area contributed by atoms with Crippen molar-refractivity contribution < 1.29 is 24.2 Å². The molecule has 7 nitrogen and oxygen atoms in total. The number of amides is 2. The van der Waals surface area contributed by atoms with Crippen LogP contribution in [0.5, 0.6) is 0 Å². The molecule has 2 fully saturated rings. The maximum atomic E-state index is 12.4. The minimum Gasteiger partial charge on any atom is -0.479 e. The molecule has 0 aromatic heterocycles. The Bertz CT molecular complexity index is 352. The smallest absolute Gasteiger partial charge is 0.334 e. The van der Waals surface area contributed by atoms with Crippen molar-refractivity contribution in [1.82, 2.24) is 9.80 Å². The molecule has 2 heterocycles. The average molecular weight is 272 g/mol. The van der Waals surface area contributed by atoms with Gasteiger partial charge in [-0.3, -0.25) is 0 Å². The van der Waals surface area contributed by atoms with Gasteiger partial charge in [-0.15, -0.1) is 0 Å². The lowest BCUT2D eigenvalue weighted by Crippen LogP contribution is -2.57. The number of carboxylic acids is 1. The van der Waals surface area contributed by atoms with Crippen molar-refractivity contribution in [2.24, 2.45) is 0 Å². The standard InChI is InChI=1S/C12H20N2O5/c1-8-5-14(6-9(2)19-8)12(17)13-3-4-18-10(7-13)11(15)16/h8-10H,3-7H2,1-2H3,(H,15,16)/t8-,9+,10?. The van der Waals surface area contributed by atoms with Gasteiger partial charge >= 0.3 is 12.0 Å². The van der Waals surface area contributed by atoms with Crippen LogP contribution < -0.4 is 0 Å². The highest BCUT2D eigenvalue weighted by atomic mass is 16.5. The molecule has 3 atom stereocenters. The summed E-state index contributed by atoms with van der Waals surface area (Å²) >= 11 is 0. The molecule has 0 aromatic rings. The largest absolute Gasteiger partial charge is 0.479 e. The van der Waals surface area contributed by atoms with E-state index in [1.165, 1.54) is 0 Å². The van der Waals surface area contributed by atoms with Crippen LogP contribution in [0.1, 0.15) is 13.8 Å². The second-order valence-electron chi connectivity index (χ2n) is 5.09. The van der Waals surface area contributed by atoms with Gasteiger partial charge in [0.25, 0.3) is 0 Å². The summed E-state index contributed by atoms with van der Waals surface area (Å²) in [6.07, 6.45) is -0.915. The second-order valence-corrected chi connectivity index (χ2v) is 5.09. The van der Waals surface area contributed by atoms with Crippen LogP contribution in [0.25, 0.3) is 0 Å². The van der Waals surface area contributed by atoms with Gasteiger partial charge in [-0.1, -0.05) is 0 Å². The maximum Gasteiger partial charge on any atom is 0.334 e. The van der Waals surface area contributed by atoms with Crippen molar-refractivity contribution in [3.63, 3.8) is 0 Å². The van der Waals surface area contributed by atoms with Gasteiger partial charge in [0.15, 0.2) is 6.10 Å². The van der Waals surface area contributed by atoms with Gasteiger partial charge in [0, 0.05) is 19.6 Å². The Hall–Kier alpha value is -1.34. The minimum absolute atomic E-state index is 0.00371. The average Bonchev–Trinajstić information content (AvgIpc) is 2.37. The summed E-state index contributed by atoms with van der Waals surface area (Å²) in [7, 11) is 0. The summed E-state index contributed by atoms with van der Waals surface area (Å²) in [5.41, 5.74) is 0. The molecular weight excluding hydrogens is 252 g/mol. The van der Waals surface area contributed by atoms with Crippen LogP contribution in [0.3, 0.4) is 0 Å². The summed E-state index contributed by atoms with van der Waals surface area (Å²) in [6.45, 7) is 5.73. The third-order valence-corrected chi connectivity index (χ3v) is 3.30. The van der Waals surface area contributed by atoms with E-state index < -0.39 is 12.1 Å². The molecule has 2 amide bonds. The van der Waals surface area contributed by atoms with Crippen molar-refractivity contribution in [2.75, 3.05) is 32.8 Å². The van der Waals surface area contributed by atoms with Crippen LogP contribution in [0.15, 0.2) is 0 Å². The van der Waals surface area contributed by atoms with Crippen molar-refractivity contribution in [3.05, 3.63) is 0 Å². The van der Waals surface area contributed by atoms with E-state index >= 15 is 0 Å². The predicted octanol–water partition coefficient (Wildman–Crippen LogP) is 0.00100. The molecule has 0 saturated carbocycles. The Morgan fingerprint density at radius 3 is 2.32 bits per heavy atom. The van der Waals surface area contributed by atoms with Gasteiger partial charge in [0.2, 0.25) is 0 Å². The van der Waals surface area contributed by atoms with Crippen molar-refractivity contribution >= 4 is 12.0 Å². The zero-order valence-electron chi connectivity index (χ0n) is 11.2. The third kappa shape index (κ3) is 3.36. The molecule has 0 radical (unpaired) electrons. The zero-order chi connectivity index (χ0) is 14.0. The molecule has 1 unspecified atom stereocenters. The fourth-order valence-corrected chi connectivity index (χ4v) is 2.51. The number of carbonyl (C=O) groups excluding carboxylic acids is 1. The number of aliphatic carboxylic acids is 1. The van der Waals surface area contributed by atoms with Crippen LogP contribution in [0.4, 0.5) is 4.79 Å². The van der Waals surface area contributed by atoms with Gasteiger partial charge in [-0.25, -0.2) is 9.59 Å². The Morgan fingerprint density at radius 1 is 1.11 bits per heavy atom. The first-order valence-corrected chi connectivity index (χ1v) is 6.51. The van der Waals surface area contributed by atoms with Crippen LogP contribution in [0.2, 0.25) is 0 Å². The van der Waals surface area contributed by atoms with E-state index in [9.17, 15) is 9.59 Å². The highest BCUT2D eigenvalue weighted by Crippen LogP contribution is 2.15. The van der Waals surface area contributed by atoms with Gasteiger partial charge in [-0.2, -0.15) is 0 Å². The number of hydrogen-bond donors (Lipinski definition) is 1. The summed E-state index contributed by atoms with van der Waals surface area (Å²) in [6, 6.07) is -0.128. The Morgan fingerprint density at radius 2 is 1.74 bits per heavy atom. The molecule has 7 heteroatoms. The number of ether oxygens (including phenoxy) is 2. The lowest BCUT2D eigenvalue weighted by atomic mass is 10.2. The van der Waals surface area contributed by atoms with E-state index in [1.54, 1.807) is 9.80 Å². The summed E-state index contributed by atoms with van der Waals surface area (Å²) in [4.78, 5) is 26.5. The van der Waals surface area contributed by atoms with E-state index in [-0.39, 0.29) is 31.4 Å². The zero-order valence-corrected chi connectivity index (χ0v) is 11.2. The maximum absolute atomic E-state index is 12.4. The Kier molecular flexibility index (Phi) is 4.26. The lowest BCUT2D eigenvalue weighted by molar-refractivity contribution is -0.155. The molecule has 19 heavy (non-hydrogen) atoms. The number of nitrogens with zero attached hydrogens (tertiary/aromatic N) is 2. The molecule has 2 rings (SSSR count). The Balaban J connectivity index is 1.96. The third-order valence-electron chi connectivity index (χ3n) is 3.30. The van der Waals surface area contributed by atoms with E-state index in [2.05, 4.69) is 0 Å². The molecule has 2 aliphatic rings. The monoisotopic (exact) mass is 272 g/mol. The number of morpholine rings is 2. The van der Waals surface area contributed by atoms with Gasteiger partial charge in [0.05, 0.1) is 25.4 Å². The molecule has 108 valence electrons. The second kappa shape index (κ2) is 5.75. The van der Waals surface area contributed by atoms with E-state index in [4.69, 9.17) is 14.6 Å². The Labute approximate surface area is 112 Å². The molecule has 1 N–H and O–H groups in total. The molecule has 0 aromatic carbocycles. The molecule has 0 spiro atoms. The van der Waals surface area contributed by atoms with Crippen LogP contribution in [-0.2, 0) is 14.3 Å². The van der Waals surface area contributed by atoms with E-state index in [0.29, 0.717) is 19.6 Å². The molecule has 2 saturated heterocycles. The number of rotatable bonds is 1. The van der Waals surface area contributed by atoms with E-state index in [1.807, 2.05) is 13.8 Å². The SMILES string of the molecule is C[C@@H]1CN(C(=O)N2CCOC(C(=O)O)C2)C[C@H](C)O1. The van der Waals surface area contributed by atoms with Gasteiger partial charge in [0.1, 0.15) is 0 Å². The quantitative estimate of drug-likeness (QED) is 0.727. The van der Waals surface area contributed by atoms with Crippen molar-refractivity contribution in [3.8, 4) is 0 Å². The fraction of sp³-hybridized carbons (Fsp3) is 0.833. The van der Waals surface area contributed by atoms with Crippen molar-refractivity contribution in [1.29, 1.82) is 0 Å². The van der Waals surface area contributed by atoms with Crippen LogP contribution in [0, 0.1) is 0 Å². The number of urea groups is 1. The number of carboxylic acid groups (broad SMARTS) is 1. The van der Waals surface area contributed by atoms with Gasteiger partial charge < -0.3 is 24.4 Å². The number of carbonyl (C=O) groups is 2. The highest BCUT2D eigenvalue weighted by Gasteiger charge is 2.33. The molecule has 0 bridgehead atoms. The van der Waals surface area contributed by atoms with Crippen molar-refractivity contribution in [2.45, 2.75) is 32.2 Å². The summed E-state index contributed by atoms with van der Waals surface area (Å²) < 4.78 is 10.7. The minimum atomic E-state index is -1.03. The molecule has 0 aliphatic carbocycles. The lowest BCUT2D eigenvalue weighted by Gasteiger charge is -2.40. The first kappa shape index (κ1) is 14.1. The van der Waals surface area contributed by atoms with E-state index in [0.717, 1.165) is 0 Å². The highest BCUT2D eigenvalue weighted by molar-refractivity contribution is 5.77. The first-order valence-electron chi connectivity index (χ1n) is 6.51. The van der Waals surface area contributed by atoms with Gasteiger partial charge in [-0.05, 0) is 13.8 Å². The van der Waals surface area contributed by atoms with Crippen LogP contribution >= 0.6 is 0 Å². The van der Waals surface area contributed by atoms with Crippen LogP contribution in [-0.4, -0.2) is 78.0 Å². The summed E-state index contributed by atoms with van der Waals surface area (Å²) in [5.74, 6) is -1.03. The first-order chi connectivity index (χ1) is 8.97. The predicted molar refractivity (Wildman–Crippen MR) is 65.9 cm³/mol.